The second kappa shape index (κ2) is 8.26. The van der Waals surface area contributed by atoms with Crippen LogP contribution in [0, 0.1) is 10.1 Å². The first-order valence-electron chi connectivity index (χ1n) is 8.95. The average Bonchev–Trinajstić information content (AvgIpc) is 3.52. The molecule has 0 heterocycles. The zero-order valence-corrected chi connectivity index (χ0v) is 15.9. The number of benzene rings is 2. The van der Waals surface area contributed by atoms with E-state index in [0.29, 0.717) is 24.7 Å². The lowest BCUT2D eigenvalue weighted by atomic mass is 10.1. The summed E-state index contributed by atoms with van der Waals surface area (Å²) in [5.41, 5.74) is 6.78. The lowest BCUT2D eigenvalue weighted by Gasteiger charge is -2.23. The SMILES string of the molecule is COc1ccc(OC)c(CN(Cc2ccc(C(N)=O)cc2[N+](=O)[O-])C2CC2)c1. The van der Waals surface area contributed by atoms with Crippen molar-refractivity contribution in [2.75, 3.05) is 14.2 Å². The van der Waals surface area contributed by atoms with Gasteiger partial charge in [0.25, 0.3) is 5.69 Å². The standard InChI is InChI=1S/C20H23N3O5/c1-27-17-7-8-19(28-2)15(9-17)12-22(16-5-6-16)11-14-4-3-13(20(21)24)10-18(14)23(25)26/h3-4,7-10,16H,5-6,11-12H2,1-2H3,(H2,21,24). The fourth-order valence-corrected chi connectivity index (χ4v) is 3.22. The molecule has 3 rings (SSSR count). The van der Waals surface area contributed by atoms with E-state index in [9.17, 15) is 14.9 Å². The third-order valence-corrected chi connectivity index (χ3v) is 4.86. The van der Waals surface area contributed by atoms with E-state index in [1.807, 2.05) is 18.2 Å². The highest BCUT2D eigenvalue weighted by atomic mass is 16.6. The number of ether oxygens (including phenoxy) is 2. The van der Waals surface area contributed by atoms with Gasteiger partial charge < -0.3 is 15.2 Å². The van der Waals surface area contributed by atoms with E-state index in [-0.39, 0.29) is 11.3 Å². The zero-order valence-electron chi connectivity index (χ0n) is 15.9. The average molecular weight is 385 g/mol. The van der Waals surface area contributed by atoms with Crippen LogP contribution in [0.1, 0.15) is 34.3 Å². The van der Waals surface area contributed by atoms with E-state index in [4.69, 9.17) is 15.2 Å². The van der Waals surface area contributed by atoms with E-state index in [1.165, 1.54) is 12.1 Å². The van der Waals surface area contributed by atoms with Gasteiger partial charge in [0, 0.05) is 41.9 Å². The molecule has 1 aliphatic rings. The number of nitro groups is 1. The summed E-state index contributed by atoms with van der Waals surface area (Å²) in [6.45, 7) is 0.958. The molecule has 0 bridgehead atoms. The van der Waals surface area contributed by atoms with Gasteiger partial charge in [-0.3, -0.25) is 19.8 Å². The monoisotopic (exact) mass is 385 g/mol. The van der Waals surface area contributed by atoms with Gasteiger partial charge in [-0.2, -0.15) is 0 Å². The number of amides is 1. The second-order valence-electron chi connectivity index (χ2n) is 6.78. The van der Waals surface area contributed by atoms with Crippen molar-refractivity contribution in [1.29, 1.82) is 0 Å². The Hall–Kier alpha value is -3.13. The van der Waals surface area contributed by atoms with Gasteiger partial charge in [-0.05, 0) is 37.1 Å². The molecule has 1 amide bonds. The minimum absolute atomic E-state index is 0.0976. The number of primary amides is 1. The van der Waals surface area contributed by atoms with Gasteiger partial charge in [0.2, 0.25) is 5.91 Å². The van der Waals surface area contributed by atoms with Crippen LogP contribution in [0.25, 0.3) is 0 Å². The largest absolute Gasteiger partial charge is 0.497 e. The maximum absolute atomic E-state index is 11.5. The molecule has 2 aromatic rings. The molecular weight excluding hydrogens is 362 g/mol. The number of nitro benzene ring substituents is 1. The Morgan fingerprint density at radius 2 is 1.86 bits per heavy atom. The van der Waals surface area contributed by atoms with Crippen LogP contribution >= 0.6 is 0 Å². The molecule has 0 aromatic heterocycles. The van der Waals surface area contributed by atoms with Crippen molar-refractivity contribution >= 4 is 11.6 Å². The molecule has 0 unspecified atom stereocenters. The van der Waals surface area contributed by atoms with Gasteiger partial charge in [-0.1, -0.05) is 6.07 Å². The fourth-order valence-electron chi connectivity index (χ4n) is 3.22. The highest BCUT2D eigenvalue weighted by Crippen LogP contribution is 2.34. The number of hydrogen-bond acceptors (Lipinski definition) is 6. The summed E-state index contributed by atoms with van der Waals surface area (Å²) in [5, 5.41) is 11.5. The fraction of sp³-hybridized carbons (Fsp3) is 0.350. The van der Waals surface area contributed by atoms with Gasteiger partial charge in [-0.15, -0.1) is 0 Å². The minimum atomic E-state index is -0.685. The van der Waals surface area contributed by atoms with E-state index in [1.54, 1.807) is 20.3 Å². The van der Waals surface area contributed by atoms with Crippen molar-refractivity contribution < 1.29 is 19.2 Å². The van der Waals surface area contributed by atoms with Crippen molar-refractivity contribution in [2.45, 2.75) is 32.0 Å². The van der Waals surface area contributed by atoms with Gasteiger partial charge >= 0.3 is 0 Å². The Labute approximate surface area is 163 Å². The number of nitrogens with zero attached hydrogens (tertiary/aromatic N) is 2. The summed E-state index contributed by atoms with van der Waals surface area (Å²) in [7, 11) is 3.22. The smallest absolute Gasteiger partial charge is 0.274 e. The topological polar surface area (TPSA) is 108 Å². The third kappa shape index (κ3) is 4.40. The van der Waals surface area contributed by atoms with Gasteiger partial charge in [0.15, 0.2) is 0 Å². The van der Waals surface area contributed by atoms with Crippen LogP contribution in [0.15, 0.2) is 36.4 Å². The van der Waals surface area contributed by atoms with Crippen molar-refractivity contribution in [3.63, 3.8) is 0 Å². The lowest BCUT2D eigenvalue weighted by molar-refractivity contribution is -0.385. The lowest BCUT2D eigenvalue weighted by Crippen LogP contribution is -2.26. The molecule has 0 radical (unpaired) electrons. The Kier molecular flexibility index (Phi) is 5.79. The Bertz CT molecular complexity index is 895. The summed E-state index contributed by atoms with van der Waals surface area (Å²) in [6.07, 6.45) is 2.08. The summed E-state index contributed by atoms with van der Waals surface area (Å²) < 4.78 is 10.8. The number of hydrogen-bond donors (Lipinski definition) is 1. The highest BCUT2D eigenvalue weighted by Gasteiger charge is 2.31. The molecule has 1 saturated carbocycles. The molecule has 8 nitrogen and oxygen atoms in total. The Morgan fingerprint density at radius 3 is 2.43 bits per heavy atom. The van der Waals surface area contributed by atoms with E-state index < -0.39 is 10.8 Å². The third-order valence-electron chi connectivity index (χ3n) is 4.86. The van der Waals surface area contributed by atoms with E-state index >= 15 is 0 Å². The molecule has 2 aromatic carbocycles. The van der Waals surface area contributed by atoms with Crippen molar-refractivity contribution in [3.8, 4) is 11.5 Å². The molecule has 0 atom stereocenters. The molecule has 28 heavy (non-hydrogen) atoms. The zero-order chi connectivity index (χ0) is 20.3. The summed E-state index contributed by atoms with van der Waals surface area (Å²) >= 11 is 0. The quantitative estimate of drug-likeness (QED) is 0.525. The van der Waals surface area contributed by atoms with E-state index in [2.05, 4.69) is 4.90 Å². The number of nitrogens with two attached hydrogens (primary N) is 1. The predicted molar refractivity (Wildman–Crippen MR) is 103 cm³/mol. The summed E-state index contributed by atoms with van der Waals surface area (Å²) in [5.74, 6) is 0.781. The molecule has 0 aliphatic heterocycles. The molecule has 1 fully saturated rings. The molecule has 0 saturated heterocycles. The summed E-state index contributed by atoms with van der Waals surface area (Å²) in [6, 6.07) is 10.3. The van der Waals surface area contributed by atoms with Crippen LogP contribution in [0.2, 0.25) is 0 Å². The first-order chi connectivity index (χ1) is 13.4. The van der Waals surface area contributed by atoms with Crippen LogP contribution in [-0.2, 0) is 13.1 Å². The number of carbonyl (C=O) groups excluding carboxylic acids is 1. The first kappa shape index (κ1) is 19.6. The maximum atomic E-state index is 11.5. The number of rotatable bonds is 9. The molecule has 148 valence electrons. The minimum Gasteiger partial charge on any atom is -0.497 e. The van der Waals surface area contributed by atoms with E-state index in [0.717, 1.165) is 29.9 Å². The Morgan fingerprint density at radius 1 is 1.14 bits per heavy atom. The molecule has 1 aliphatic carbocycles. The van der Waals surface area contributed by atoms with Gasteiger partial charge in [-0.25, -0.2) is 0 Å². The van der Waals surface area contributed by atoms with Crippen molar-refractivity contribution in [2.24, 2.45) is 5.73 Å². The number of methoxy groups -OCH3 is 2. The second-order valence-corrected chi connectivity index (χ2v) is 6.78. The van der Waals surface area contributed by atoms with Gasteiger partial charge in [0.1, 0.15) is 11.5 Å². The van der Waals surface area contributed by atoms with Crippen LogP contribution in [0.3, 0.4) is 0 Å². The first-order valence-corrected chi connectivity index (χ1v) is 8.95. The Balaban J connectivity index is 1.89. The van der Waals surface area contributed by atoms with Crippen molar-refractivity contribution in [1.82, 2.24) is 4.90 Å². The van der Waals surface area contributed by atoms with Gasteiger partial charge in [0.05, 0.1) is 19.1 Å². The normalized spacial score (nSPS) is 13.4. The molecule has 0 spiro atoms. The number of carbonyl (C=O) groups is 1. The van der Waals surface area contributed by atoms with Crippen molar-refractivity contribution in [3.05, 3.63) is 63.2 Å². The highest BCUT2D eigenvalue weighted by molar-refractivity contribution is 5.93. The van der Waals surface area contributed by atoms with Crippen LogP contribution in [0.5, 0.6) is 11.5 Å². The molecule has 8 heteroatoms. The summed E-state index contributed by atoms with van der Waals surface area (Å²) in [4.78, 5) is 24.6. The van der Waals surface area contributed by atoms with Crippen LogP contribution in [-0.4, -0.2) is 36.0 Å². The maximum Gasteiger partial charge on any atom is 0.274 e. The van der Waals surface area contributed by atoms with Crippen LogP contribution in [0.4, 0.5) is 5.69 Å². The van der Waals surface area contributed by atoms with Crippen LogP contribution < -0.4 is 15.2 Å². The predicted octanol–water partition coefficient (Wildman–Crippen LogP) is 2.88. The molecule has 2 N–H and O–H groups in total. The molecular formula is C20H23N3O5.